The first kappa shape index (κ1) is 20.4. The van der Waals surface area contributed by atoms with Crippen molar-refractivity contribution in [1.29, 1.82) is 0 Å². The molecule has 5 aromatic carbocycles. The Labute approximate surface area is 216 Å². The number of rotatable bonds is 3. The van der Waals surface area contributed by atoms with Gasteiger partial charge in [0.25, 0.3) is 0 Å². The van der Waals surface area contributed by atoms with Gasteiger partial charge in [0, 0.05) is 0 Å². The van der Waals surface area contributed by atoms with Gasteiger partial charge in [0.1, 0.15) is 12.0 Å². The Bertz CT molecular complexity index is 1720. The molecule has 2 N–H and O–H groups in total. The highest BCUT2D eigenvalue weighted by atomic mass is 15.4. The normalized spacial score (nSPS) is 18.7. The van der Waals surface area contributed by atoms with Crippen LogP contribution in [0.15, 0.2) is 133 Å². The highest BCUT2D eigenvalue weighted by Gasteiger charge is 2.34. The first-order chi connectivity index (χ1) is 18.4. The van der Waals surface area contributed by atoms with Crippen molar-refractivity contribution in [2.45, 2.75) is 12.2 Å². The molecule has 0 saturated heterocycles. The molecule has 2 heterocycles. The molecule has 2 unspecified atom stereocenters. The molecule has 1 aliphatic carbocycles. The number of allylic oxidation sites excluding steroid dienone is 2. The molecule has 0 aromatic heterocycles. The Balaban J connectivity index is 1.21. The van der Waals surface area contributed by atoms with E-state index in [1.54, 1.807) is 0 Å². The molecular weight excluding hydrogens is 450 g/mol. The molecule has 5 aromatic rings. The lowest BCUT2D eigenvalue weighted by atomic mass is 9.93. The third kappa shape index (κ3) is 3.01. The van der Waals surface area contributed by atoms with Crippen LogP contribution in [0.4, 0.5) is 11.4 Å². The van der Waals surface area contributed by atoms with Gasteiger partial charge in [-0.2, -0.15) is 0 Å². The molecule has 176 valence electrons. The van der Waals surface area contributed by atoms with E-state index in [1.807, 2.05) is 0 Å². The van der Waals surface area contributed by atoms with Crippen LogP contribution in [0.3, 0.4) is 0 Å². The van der Waals surface area contributed by atoms with Crippen LogP contribution in [0.5, 0.6) is 0 Å². The van der Waals surface area contributed by atoms with Crippen molar-refractivity contribution in [3.05, 3.63) is 144 Å². The highest BCUT2D eigenvalue weighted by Crippen LogP contribution is 2.49. The number of hydrogen-bond acceptors (Lipinski definition) is 3. The van der Waals surface area contributed by atoms with E-state index < -0.39 is 0 Å². The van der Waals surface area contributed by atoms with Crippen molar-refractivity contribution >= 4 is 22.1 Å². The highest BCUT2D eigenvalue weighted by molar-refractivity contribution is 6.16. The van der Waals surface area contributed by atoms with Gasteiger partial charge < -0.3 is 15.5 Å². The first-order valence-corrected chi connectivity index (χ1v) is 12.9. The molecular formula is C34H25N3. The van der Waals surface area contributed by atoms with Crippen LogP contribution in [0.1, 0.15) is 23.3 Å². The molecule has 3 nitrogen and oxygen atoms in total. The van der Waals surface area contributed by atoms with E-state index in [1.165, 1.54) is 49.8 Å². The summed E-state index contributed by atoms with van der Waals surface area (Å²) in [5.74, 6) is 1.09. The summed E-state index contributed by atoms with van der Waals surface area (Å²) >= 11 is 0. The lowest BCUT2D eigenvalue weighted by Crippen LogP contribution is -2.37. The van der Waals surface area contributed by atoms with Gasteiger partial charge in [-0.15, -0.1) is 0 Å². The number of hydrogen-bond donors (Lipinski definition) is 2. The zero-order valence-electron chi connectivity index (χ0n) is 20.2. The van der Waals surface area contributed by atoms with Crippen LogP contribution in [-0.4, -0.2) is 0 Å². The molecule has 0 radical (unpaired) electrons. The van der Waals surface area contributed by atoms with Gasteiger partial charge >= 0.3 is 0 Å². The predicted molar refractivity (Wildman–Crippen MR) is 153 cm³/mol. The summed E-state index contributed by atoms with van der Waals surface area (Å²) in [5, 5.41) is 10.3. The SMILES string of the molecule is C1=CC(c2ccc3c4c(cccc24)-c2ccccc2-3)NC(N2c3ccccc3NC2c2ccccc2)=C1. The van der Waals surface area contributed by atoms with Crippen LogP contribution in [0.25, 0.3) is 33.0 Å². The van der Waals surface area contributed by atoms with E-state index in [-0.39, 0.29) is 12.2 Å². The maximum absolute atomic E-state index is 3.89. The quantitative estimate of drug-likeness (QED) is 0.270. The average molecular weight is 476 g/mol. The lowest BCUT2D eigenvalue weighted by molar-refractivity contribution is 0.644. The Morgan fingerprint density at radius 1 is 0.595 bits per heavy atom. The van der Waals surface area contributed by atoms with Crippen LogP contribution < -0.4 is 15.5 Å². The van der Waals surface area contributed by atoms with Gasteiger partial charge in [-0.05, 0) is 62.4 Å². The van der Waals surface area contributed by atoms with Gasteiger partial charge in [-0.1, -0.05) is 109 Å². The first-order valence-electron chi connectivity index (χ1n) is 12.9. The molecule has 3 aliphatic rings. The van der Waals surface area contributed by atoms with E-state index in [0.29, 0.717) is 0 Å². The van der Waals surface area contributed by atoms with Crippen molar-refractivity contribution < 1.29 is 0 Å². The molecule has 2 atom stereocenters. The fourth-order valence-corrected chi connectivity index (χ4v) is 6.24. The van der Waals surface area contributed by atoms with Gasteiger partial charge in [0.05, 0.1) is 17.4 Å². The van der Waals surface area contributed by atoms with Crippen LogP contribution in [-0.2, 0) is 0 Å². The Hall–Kier alpha value is -4.76. The van der Waals surface area contributed by atoms with E-state index in [0.717, 1.165) is 11.5 Å². The lowest BCUT2D eigenvalue weighted by Gasteiger charge is -2.34. The number of para-hydroxylation sites is 2. The second-order valence-electron chi connectivity index (χ2n) is 9.88. The minimum absolute atomic E-state index is 0.0202. The fourth-order valence-electron chi connectivity index (χ4n) is 6.24. The molecule has 0 fully saturated rings. The number of nitrogens with zero attached hydrogens (tertiary/aromatic N) is 1. The third-order valence-electron chi connectivity index (χ3n) is 7.87. The summed E-state index contributed by atoms with van der Waals surface area (Å²) in [4.78, 5) is 2.39. The number of nitrogens with one attached hydrogen (secondary N) is 2. The third-order valence-corrected chi connectivity index (χ3v) is 7.87. The summed E-state index contributed by atoms with van der Waals surface area (Å²) in [5.41, 5.74) is 10.2. The van der Waals surface area contributed by atoms with Gasteiger partial charge in [0.15, 0.2) is 0 Å². The van der Waals surface area contributed by atoms with E-state index in [2.05, 4.69) is 143 Å². The topological polar surface area (TPSA) is 27.3 Å². The van der Waals surface area contributed by atoms with Gasteiger partial charge in [0.2, 0.25) is 0 Å². The summed E-state index contributed by atoms with van der Waals surface area (Å²) in [7, 11) is 0. The number of dihydropyridines is 1. The smallest absolute Gasteiger partial charge is 0.131 e. The maximum atomic E-state index is 3.89. The van der Waals surface area contributed by atoms with Crippen molar-refractivity contribution in [3.8, 4) is 22.3 Å². The molecule has 8 rings (SSSR count). The van der Waals surface area contributed by atoms with E-state index >= 15 is 0 Å². The summed E-state index contributed by atoms with van der Waals surface area (Å²) < 4.78 is 0. The van der Waals surface area contributed by atoms with Gasteiger partial charge in [-0.3, -0.25) is 0 Å². The minimum atomic E-state index is 0.0202. The molecule has 0 saturated carbocycles. The maximum Gasteiger partial charge on any atom is 0.131 e. The Morgan fingerprint density at radius 2 is 1.32 bits per heavy atom. The Morgan fingerprint density at radius 3 is 2.19 bits per heavy atom. The van der Waals surface area contributed by atoms with Crippen LogP contribution in [0, 0.1) is 0 Å². The fraction of sp³-hybridized carbons (Fsp3) is 0.0588. The number of anilines is 2. The van der Waals surface area contributed by atoms with E-state index in [4.69, 9.17) is 0 Å². The standard InChI is InChI=1S/C34H25N3/c1-2-10-22(11-3-1)34-36-30-16-6-7-18-31(30)37(34)32-19-9-17-29(35-32)25-20-21-28-24-13-5-4-12-23(24)26-14-8-15-27(25)33(26)28/h1-21,29,34-36H. The summed E-state index contributed by atoms with van der Waals surface area (Å²) in [6.45, 7) is 0. The summed E-state index contributed by atoms with van der Waals surface area (Å²) in [6.07, 6.45) is 6.67. The van der Waals surface area contributed by atoms with Gasteiger partial charge in [-0.25, -0.2) is 0 Å². The summed E-state index contributed by atoms with van der Waals surface area (Å²) in [6, 6.07) is 39.4. The van der Waals surface area contributed by atoms with Crippen molar-refractivity contribution in [2.75, 3.05) is 10.2 Å². The second-order valence-corrected chi connectivity index (χ2v) is 9.88. The molecule has 0 bridgehead atoms. The molecule has 37 heavy (non-hydrogen) atoms. The van der Waals surface area contributed by atoms with E-state index in [9.17, 15) is 0 Å². The zero-order valence-corrected chi connectivity index (χ0v) is 20.2. The molecule has 0 amide bonds. The van der Waals surface area contributed by atoms with Crippen molar-refractivity contribution in [2.24, 2.45) is 0 Å². The monoisotopic (exact) mass is 475 g/mol. The Kier molecular flexibility index (Phi) is 4.35. The van der Waals surface area contributed by atoms with Crippen molar-refractivity contribution in [1.82, 2.24) is 5.32 Å². The van der Waals surface area contributed by atoms with Crippen molar-refractivity contribution in [3.63, 3.8) is 0 Å². The average Bonchev–Trinajstić information content (AvgIpc) is 3.52. The molecule has 3 heteroatoms. The zero-order chi connectivity index (χ0) is 24.3. The largest absolute Gasteiger partial charge is 0.361 e. The predicted octanol–water partition coefficient (Wildman–Crippen LogP) is 8.16. The molecule has 2 aliphatic heterocycles. The molecule has 0 spiro atoms. The minimum Gasteiger partial charge on any atom is -0.361 e. The second kappa shape index (κ2) is 7.87. The van der Waals surface area contributed by atoms with Crippen LogP contribution >= 0.6 is 0 Å². The van der Waals surface area contributed by atoms with Crippen LogP contribution in [0.2, 0.25) is 0 Å². The number of benzene rings is 5. The number of fused-ring (bicyclic) bond motifs is 4.